The Morgan fingerprint density at radius 2 is 1.90 bits per heavy atom. The number of hydrogen-bond acceptors (Lipinski definition) is 3. The fourth-order valence-corrected chi connectivity index (χ4v) is 2.79. The number of aromatic carboxylic acids is 1. The van der Waals surface area contributed by atoms with Crippen molar-refractivity contribution >= 4 is 38.6 Å². The maximum absolute atomic E-state index is 12.6. The molecule has 0 fully saturated rings. The van der Waals surface area contributed by atoms with Crippen molar-refractivity contribution in [3.63, 3.8) is 0 Å². The van der Waals surface area contributed by atoms with Gasteiger partial charge in [0.1, 0.15) is 5.69 Å². The maximum atomic E-state index is 12.6. The van der Waals surface area contributed by atoms with Crippen LogP contribution in [-0.4, -0.2) is 26.8 Å². The molecule has 0 radical (unpaired) electrons. The fraction of sp³-hybridized carbons (Fsp3) is 0. The number of nitrogens with one attached hydrogen (secondary N) is 1. The Morgan fingerprint density at radius 1 is 1.14 bits per heavy atom. The van der Waals surface area contributed by atoms with Crippen LogP contribution in [0.15, 0.2) is 47.2 Å². The van der Waals surface area contributed by atoms with Gasteiger partial charge < -0.3 is 10.1 Å². The number of para-hydroxylation sites is 1. The van der Waals surface area contributed by atoms with E-state index in [1.165, 1.54) is 18.5 Å². The second kappa shape index (κ2) is 5.14. The second-order valence-electron chi connectivity index (χ2n) is 4.42. The summed E-state index contributed by atoms with van der Waals surface area (Å²) >= 11 is 3.40. The van der Waals surface area contributed by atoms with Crippen LogP contribution in [-0.2, 0) is 0 Å². The summed E-state index contributed by atoms with van der Waals surface area (Å²) in [5.41, 5.74) is 1.11. The quantitative estimate of drug-likeness (QED) is 0.714. The van der Waals surface area contributed by atoms with Crippen molar-refractivity contribution in [3.05, 3.63) is 64.0 Å². The largest absolute Gasteiger partial charge is 0.478 e. The van der Waals surface area contributed by atoms with Gasteiger partial charge in [-0.3, -0.25) is 9.78 Å². The Balaban J connectivity index is 2.18. The first-order valence-corrected chi connectivity index (χ1v) is 6.87. The van der Waals surface area contributed by atoms with Gasteiger partial charge in [-0.15, -0.1) is 0 Å². The van der Waals surface area contributed by atoms with Crippen LogP contribution in [0, 0.1) is 0 Å². The molecule has 0 spiro atoms. The van der Waals surface area contributed by atoms with Gasteiger partial charge in [-0.05, 0) is 28.1 Å². The molecular weight excluding hydrogens is 336 g/mol. The molecule has 0 bridgehead atoms. The minimum absolute atomic E-state index is 0.102. The van der Waals surface area contributed by atoms with Gasteiger partial charge in [-0.1, -0.05) is 18.2 Å². The smallest absolute Gasteiger partial charge is 0.338 e. The minimum Gasteiger partial charge on any atom is -0.478 e. The number of benzene rings is 1. The molecule has 0 atom stereocenters. The van der Waals surface area contributed by atoms with E-state index in [0.717, 1.165) is 10.9 Å². The first kappa shape index (κ1) is 13.5. The van der Waals surface area contributed by atoms with Crippen LogP contribution in [0.1, 0.15) is 26.4 Å². The number of carbonyl (C=O) groups is 2. The lowest BCUT2D eigenvalue weighted by atomic mass is 10.0. The Hall–Kier alpha value is -2.47. The number of rotatable bonds is 3. The number of aromatic nitrogens is 2. The Labute approximate surface area is 127 Å². The number of fused-ring (bicyclic) bond motifs is 1. The zero-order valence-corrected chi connectivity index (χ0v) is 12.2. The van der Waals surface area contributed by atoms with Crippen LogP contribution in [0.3, 0.4) is 0 Å². The highest BCUT2D eigenvalue weighted by Crippen LogP contribution is 2.29. The van der Waals surface area contributed by atoms with Gasteiger partial charge in [0.05, 0.1) is 10.0 Å². The zero-order valence-electron chi connectivity index (χ0n) is 10.6. The van der Waals surface area contributed by atoms with Crippen LogP contribution in [0.5, 0.6) is 0 Å². The van der Waals surface area contributed by atoms with E-state index in [-0.39, 0.29) is 11.1 Å². The summed E-state index contributed by atoms with van der Waals surface area (Å²) in [7, 11) is 0. The van der Waals surface area contributed by atoms with E-state index in [1.54, 1.807) is 0 Å². The number of carboxylic acids is 1. The van der Waals surface area contributed by atoms with E-state index in [1.807, 2.05) is 24.3 Å². The molecule has 2 heterocycles. The monoisotopic (exact) mass is 344 g/mol. The van der Waals surface area contributed by atoms with E-state index < -0.39 is 11.8 Å². The average Bonchev–Trinajstić information content (AvgIpc) is 2.84. The van der Waals surface area contributed by atoms with Crippen LogP contribution in [0.25, 0.3) is 10.9 Å². The highest BCUT2D eigenvalue weighted by Gasteiger charge is 2.22. The molecule has 104 valence electrons. The lowest BCUT2D eigenvalue weighted by molar-refractivity contribution is 0.0692. The fourth-order valence-electron chi connectivity index (χ4n) is 2.16. The van der Waals surface area contributed by atoms with Crippen LogP contribution in [0.2, 0.25) is 0 Å². The number of pyridine rings is 1. The summed E-state index contributed by atoms with van der Waals surface area (Å²) in [5.74, 6) is -1.57. The van der Waals surface area contributed by atoms with Crippen LogP contribution in [0.4, 0.5) is 0 Å². The third-order valence-electron chi connectivity index (χ3n) is 3.17. The van der Waals surface area contributed by atoms with Crippen molar-refractivity contribution in [3.8, 4) is 0 Å². The number of hydrogen-bond donors (Lipinski definition) is 2. The molecule has 5 nitrogen and oxygen atoms in total. The highest BCUT2D eigenvalue weighted by atomic mass is 79.9. The minimum atomic E-state index is -1.18. The summed E-state index contributed by atoms with van der Waals surface area (Å²) in [6.45, 7) is 0. The molecular formula is C15H9BrN2O3. The van der Waals surface area contributed by atoms with E-state index in [4.69, 9.17) is 5.11 Å². The van der Waals surface area contributed by atoms with Crippen molar-refractivity contribution in [1.82, 2.24) is 9.97 Å². The van der Waals surface area contributed by atoms with Gasteiger partial charge in [-0.25, -0.2) is 4.79 Å². The van der Waals surface area contributed by atoms with Gasteiger partial charge in [0.2, 0.25) is 5.78 Å². The normalized spacial score (nSPS) is 10.7. The molecule has 0 aliphatic carbocycles. The SMILES string of the molecule is O=C(O)c1cnccc1C(=O)c1[nH]c2ccccc2c1Br. The summed E-state index contributed by atoms with van der Waals surface area (Å²) in [4.78, 5) is 30.6. The summed E-state index contributed by atoms with van der Waals surface area (Å²) in [6.07, 6.45) is 2.57. The molecule has 0 amide bonds. The van der Waals surface area contributed by atoms with Crippen molar-refractivity contribution in [2.24, 2.45) is 0 Å². The predicted octanol–water partition coefficient (Wildman–Crippen LogP) is 3.25. The van der Waals surface area contributed by atoms with Gasteiger partial charge in [-0.2, -0.15) is 0 Å². The number of carbonyl (C=O) groups excluding carboxylic acids is 1. The molecule has 0 saturated heterocycles. The molecule has 1 aromatic carbocycles. The van der Waals surface area contributed by atoms with Crippen LogP contribution < -0.4 is 0 Å². The van der Waals surface area contributed by atoms with Crippen molar-refractivity contribution < 1.29 is 14.7 Å². The van der Waals surface area contributed by atoms with Gasteiger partial charge in [0.25, 0.3) is 0 Å². The number of ketones is 1. The lowest BCUT2D eigenvalue weighted by Gasteiger charge is -2.03. The number of nitrogens with zero attached hydrogens (tertiary/aromatic N) is 1. The molecule has 3 aromatic rings. The topological polar surface area (TPSA) is 83.0 Å². The molecule has 2 aromatic heterocycles. The molecule has 0 saturated carbocycles. The zero-order chi connectivity index (χ0) is 15.0. The van der Waals surface area contributed by atoms with Crippen molar-refractivity contribution in [2.45, 2.75) is 0 Å². The van der Waals surface area contributed by atoms with Gasteiger partial charge >= 0.3 is 5.97 Å². The number of halogens is 1. The van der Waals surface area contributed by atoms with Gasteiger partial charge in [0, 0.05) is 28.9 Å². The van der Waals surface area contributed by atoms with E-state index in [2.05, 4.69) is 25.9 Å². The van der Waals surface area contributed by atoms with Crippen molar-refractivity contribution in [2.75, 3.05) is 0 Å². The first-order valence-electron chi connectivity index (χ1n) is 6.08. The molecule has 21 heavy (non-hydrogen) atoms. The van der Waals surface area contributed by atoms with Gasteiger partial charge in [0.15, 0.2) is 0 Å². The molecule has 0 aliphatic heterocycles. The highest BCUT2D eigenvalue weighted by molar-refractivity contribution is 9.10. The lowest BCUT2D eigenvalue weighted by Crippen LogP contribution is -2.10. The maximum Gasteiger partial charge on any atom is 0.338 e. The molecule has 6 heteroatoms. The standard InChI is InChI=1S/C15H9BrN2O3/c16-12-9-3-1-2-4-11(9)18-13(12)14(19)8-5-6-17-7-10(8)15(20)21/h1-7,18H,(H,20,21). The van der Waals surface area contributed by atoms with Crippen molar-refractivity contribution in [1.29, 1.82) is 0 Å². The van der Waals surface area contributed by atoms with Crippen LogP contribution >= 0.6 is 15.9 Å². The molecule has 0 unspecified atom stereocenters. The molecule has 3 rings (SSSR count). The number of carboxylic acid groups (broad SMARTS) is 1. The van der Waals surface area contributed by atoms with E-state index >= 15 is 0 Å². The van der Waals surface area contributed by atoms with E-state index in [0.29, 0.717) is 10.2 Å². The summed E-state index contributed by atoms with van der Waals surface area (Å²) < 4.78 is 0.622. The predicted molar refractivity (Wildman–Crippen MR) is 80.6 cm³/mol. The molecule has 2 N–H and O–H groups in total. The number of aromatic amines is 1. The number of H-pyrrole nitrogens is 1. The summed E-state index contributed by atoms with van der Waals surface area (Å²) in [5, 5.41) is 10.0. The Kier molecular flexibility index (Phi) is 3.31. The third kappa shape index (κ3) is 2.23. The average molecular weight is 345 g/mol. The first-order chi connectivity index (χ1) is 10.1. The Bertz CT molecular complexity index is 870. The molecule has 0 aliphatic rings. The van der Waals surface area contributed by atoms with E-state index in [9.17, 15) is 9.59 Å². The second-order valence-corrected chi connectivity index (χ2v) is 5.21. The Morgan fingerprint density at radius 3 is 2.62 bits per heavy atom. The summed E-state index contributed by atoms with van der Waals surface area (Å²) in [6, 6.07) is 8.85. The third-order valence-corrected chi connectivity index (χ3v) is 3.99.